The Bertz CT molecular complexity index is 353. The van der Waals surface area contributed by atoms with Crippen LogP contribution in [-0.4, -0.2) is 29.8 Å². The fourth-order valence-corrected chi connectivity index (χ4v) is 1.82. The highest BCUT2D eigenvalue weighted by atomic mass is 16.2. The van der Waals surface area contributed by atoms with Crippen LogP contribution >= 0.6 is 0 Å². The third kappa shape index (κ3) is 5.36. The van der Waals surface area contributed by atoms with E-state index in [4.69, 9.17) is 5.11 Å². The van der Waals surface area contributed by atoms with Crippen LogP contribution in [0, 0.1) is 5.41 Å². The molecule has 0 saturated carbocycles. The molecule has 1 heterocycles. The summed E-state index contributed by atoms with van der Waals surface area (Å²) < 4.78 is 0. The smallest absolute Gasteiger partial charge is 0.0547 e. The first-order chi connectivity index (χ1) is 8.57. The van der Waals surface area contributed by atoms with Gasteiger partial charge in [-0.2, -0.15) is 0 Å². The zero-order valence-corrected chi connectivity index (χ0v) is 11.7. The molecule has 0 bridgehead atoms. The largest absolute Gasteiger partial charge is 0.396 e. The molecule has 0 atom stereocenters. The third-order valence-corrected chi connectivity index (χ3v) is 2.90. The van der Waals surface area contributed by atoms with Gasteiger partial charge < -0.3 is 15.7 Å². The molecule has 4 heteroatoms. The molecule has 1 aromatic rings. The van der Waals surface area contributed by atoms with Gasteiger partial charge in [0.25, 0.3) is 0 Å². The lowest BCUT2D eigenvalue weighted by Crippen LogP contribution is -2.23. The highest BCUT2D eigenvalue weighted by molar-refractivity contribution is 5.53. The Morgan fingerprint density at radius 3 is 2.50 bits per heavy atom. The second-order valence-electron chi connectivity index (χ2n) is 5.34. The quantitative estimate of drug-likeness (QED) is 0.665. The van der Waals surface area contributed by atoms with Gasteiger partial charge in [0.1, 0.15) is 0 Å². The lowest BCUT2D eigenvalue weighted by atomic mass is 9.88. The molecular formula is C14H25N3O. The normalized spacial score (nSPS) is 11.3. The molecule has 0 aliphatic rings. The second kappa shape index (κ2) is 7.21. The van der Waals surface area contributed by atoms with E-state index >= 15 is 0 Å². The number of anilines is 2. The molecule has 102 valence electrons. The molecule has 3 N–H and O–H groups in total. The average Bonchev–Trinajstić information content (AvgIpc) is 2.35. The number of nitrogens with zero attached hydrogens (tertiary/aromatic N) is 1. The van der Waals surface area contributed by atoms with Crippen molar-refractivity contribution in [2.45, 2.75) is 33.6 Å². The monoisotopic (exact) mass is 251 g/mol. The van der Waals surface area contributed by atoms with Gasteiger partial charge in [0, 0.05) is 19.7 Å². The summed E-state index contributed by atoms with van der Waals surface area (Å²) in [5.41, 5.74) is 2.25. The van der Waals surface area contributed by atoms with E-state index in [0.717, 1.165) is 37.3 Å². The first-order valence-electron chi connectivity index (χ1n) is 6.61. The summed E-state index contributed by atoms with van der Waals surface area (Å²) in [4.78, 5) is 4.20. The molecule has 0 spiro atoms. The maximum atomic E-state index is 8.87. The van der Waals surface area contributed by atoms with Crippen molar-refractivity contribution in [1.82, 2.24) is 4.98 Å². The lowest BCUT2D eigenvalue weighted by molar-refractivity contribution is 0.248. The van der Waals surface area contributed by atoms with E-state index in [-0.39, 0.29) is 12.0 Å². The second-order valence-corrected chi connectivity index (χ2v) is 5.34. The van der Waals surface area contributed by atoms with Gasteiger partial charge in [-0.05, 0) is 31.2 Å². The van der Waals surface area contributed by atoms with Crippen LogP contribution in [0.3, 0.4) is 0 Å². The maximum Gasteiger partial charge on any atom is 0.0547 e. The fraction of sp³-hybridized carbons (Fsp3) is 0.643. The molecule has 0 saturated heterocycles. The molecule has 0 amide bonds. The number of rotatable bonds is 8. The Morgan fingerprint density at radius 1 is 1.22 bits per heavy atom. The molecular weight excluding hydrogens is 226 g/mol. The SMILES string of the molecule is CCNc1cncc(NCC(C)(C)CCCO)c1. The number of aliphatic hydroxyl groups is 1. The summed E-state index contributed by atoms with van der Waals surface area (Å²) >= 11 is 0. The van der Waals surface area contributed by atoms with E-state index in [9.17, 15) is 0 Å². The van der Waals surface area contributed by atoms with Crippen molar-refractivity contribution in [1.29, 1.82) is 0 Å². The third-order valence-electron chi connectivity index (χ3n) is 2.90. The molecule has 18 heavy (non-hydrogen) atoms. The molecule has 0 unspecified atom stereocenters. The molecule has 4 nitrogen and oxygen atoms in total. The van der Waals surface area contributed by atoms with Crippen molar-refractivity contribution in [3.8, 4) is 0 Å². The molecule has 0 fully saturated rings. The van der Waals surface area contributed by atoms with Gasteiger partial charge in [-0.25, -0.2) is 0 Å². The van der Waals surface area contributed by atoms with E-state index < -0.39 is 0 Å². The molecule has 0 aromatic carbocycles. The topological polar surface area (TPSA) is 57.2 Å². The van der Waals surface area contributed by atoms with Crippen molar-refractivity contribution in [2.75, 3.05) is 30.3 Å². The van der Waals surface area contributed by atoms with Crippen LogP contribution in [0.25, 0.3) is 0 Å². The van der Waals surface area contributed by atoms with Crippen LogP contribution < -0.4 is 10.6 Å². The van der Waals surface area contributed by atoms with Crippen LogP contribution in [0.1, 0.15) is 33.6 Å². The molecule has 0 aliphatic heterocycles. The summed E-state index contributed by atoms with van der Waals surface area (Å²) in [6, 6.07) is 2.07. The minimum absolute atomic E-state index is 0.177. The number of pyridine rings is 1. The van der Waals surface area contributed by atoms with Gasteiger partial charge >= 0.3 is 0 Å². The van der Waals surface area contributed by atoms with Gasteiger partial charge in [0.05, 0.1) is 23.8 Å². The summed E-state index contributed by atoms with van der Waals surface area (Å²) in [5.74, 6) is 0. The number of nitrogens with one attached hydrogen (secondary N) is 2. The Balaban J connectivity index is 2.49. The number of hydrogen-bond donors (Lipinski definition) is 3. The summed E-state index contributed by atoms with van der Waals surface area (Å²) in [6.45, 7) is 8.52. The van der Waals surface area contributed by atoms with Crippen LogP contribution in [0.5, 0.6) is 0 Å². The standard InChI is InChI=1S/C14H25N3O/c1-4-16-12-8-13(10-15-9-12)17-11-14(2,3)6-5-7-18/h8-10,16-18H,4-7,11H2,1-3H3. The zero-order valence-electron chi connectivity index (χ0n) is 11.7. The molecule has 0 radical (unpaired) electrons. The minimum atomic E-state index is 0.177. The van der Waals surface area contributed by atoms with E-state index in [1.165, 1.54) is 0 Å². The van der Waals surface area contributed by atoms with Crippen LogP contribution in [-0.2, 0) is 0 Å². The van der Waals surface area contributed by atoms with Gasteiger partial charge in [-0.1, -0.05) is 13.8 Å². The minimum Gasteiger partial charge on any atom is -0.396 e. The van der Waals surface area contributed by atoms with Gasteiger partial charge in [-0.3, -0.25) is 4.98 Å². The number of aromatic nitrogens is 1. The zero-order chi connectivity index (χ0) is 13.4. The average molecular weight is 251 g/mol. The molecule has 1 rings (SSSR count). The summed E-state index contributed by atoms with van der Waals surface area (Å²) in [6.07, 6.45) is 5.52. The maximum absolute atomic E-state index is 8.87. The Morgan fingerprint density at radius 2 is 1.89 bits per heavy atom. The predicted octanol–water partition coefficient (Wildman–Crippen LogP) is 2.72. The van der Waals surface area contributed by atoms with E-state index in [2.05, 4.69) is 42.5 Å². The van der Waals surface area contributed by atoms with Crippen LogP contribution in [0.4, 0.5) is 11.4 Å². The summed E-state index contributed by atoms with van der Waals surface area (Å²) in [7, 11) is 0. The van der Waals surface area contributed by atoms with Crippen molar-refractivity contribution in [3.63, 3.8) is 0 Å². The Hall–Kier alpha value is -1.29. The molecule has 1 aromatic heterocycles. The van der Waals surface area contributed by atoms with Crippen LogP contribution in [0.2, 0.25) is 0 Å². The van der Waals surface area contributed by atoms with Crippen molar-refractivity contribution < 1.29 is 5.11 Å². The van der Waals surface area contributed by atoms with E-state index in [1.54, 1.807) is 0 Å². The van der Waals surface area contributed by atoms with Crippen molar-refractivity contribution in [3.05, 3.63) is 18.5 Å². The van der Waals surface area contributed by atoms with E-state index in [1.807, 2.05) is 12.4 Å². The predicted molar refractivity (Wildman–Crippen MR) is 77.0 cm³/mol. The van der Waals surface area contributed by atoms with Crippen molar-refractivity contribution >= 4 is 11.4 Å². The number of hydrogen-bond acceptors (Lipinski definition) is 4. The highest BCUT2D eigenvalue weighted by Crippen LogP contribution is 2.23. The van der Waals surface area contributed by atoms with Crippen molar-refractivity contribution in [2.24, 2.45) is 5.41 Å². The van der Waals surface area contributed by atoms with Gasteiger partial charge in [0.15, 0.2) is 0 Å². The summed E-state index contributed by atoms with van der Waals surface area (Å²) in [5, 5.41) is 15.5. The Kier molecular flexibility index (Phi) is 5.92. The molecule has 0 aliphatic carbocycles. The van der Waals surface area contributed by atoms with E-state index in [0.29, 0.717) is 0 Å². The lowest BCUT2D eigenvalue weighted by Gasteiger charge is -2.25. The fourth-order valence-electron chi connectivity index (χ4n) is 1.82. The number of aliphatic hydroxyl groups excluding tert-OH is 1. The van der Waals surface area contributed by atoms with Gasteiger partial charge in [0.2, 0.25) is 0 Å². The first kappa shape index (κ1) is 14.8. The van der Waals surface area contributed by atoms with Crippen LogP contribution in [0.15, 0.2) is 18.5 Å². The Labute approximate surface area is 110 Å². The van der Waals surface area contributed by atoms with Gasteiger partial charge in [-0.15, -0.1) is 0 Å². The highest BCUT2D eigenvalue weighted by Gasteiger charge is 2.16. The first-order valence-corrected chi connectivity index (χ1v) is 6.61.